The minimum absolute atomic E-state index is 0.0981. The van der Waals surface area contributed by atoms with Crippen LogP contribution in [0.25, 0.3) is 0 Å². The molecule has 1 atom stereocenters. The van der Waals surface area contributed by atoms with Crippen molar-refractivity contribution in [2.45, 2.75) is 76.9 Å². The normalized spacial score (nSPS) is 24.0. The van der Waals surface area contributed by atoms with Crippen LogP contribution in [0.1, 0.15) is 67.2 Å². The molecule has 1 saturated carbocycles. The fraction of sp³-hybridized carbons (Fsp3) is 0.800. The molecule has 6 nitrogen and oxygen atoms in total. The van der Waals surface area contributed by atoms with Gasteiger partial charge < -0.3 is 15.0 Å². The van der Waals surface area contributed by atoms with Gasteiger partial charge in [-0.3, -0.25) is 9.48 Å². The smallest absolute Gasteiger partial charge is 0.274 e. The van der Waals surface area contributed by atoms with Crippen LogP contribution in [-0.2, 0) is 24.1 Å². The van der Waals surface area contributed by atoms with E-state index in [2.05, 4.69) is 16.9 Å². The molecule has 3 aliphatic rings. The summed E-state index contributed by atoms with van der Waals surface area (Å²) in [4.78, 5) is 15.0. The molecule has 0 bridgehead atoms. The van der Waals surface area contributed by atoms with Crippen molar-refractivity contribution in [1.82, 2.24) is 20.0 Å². The van der Waals surface area contributed by atoms with Gasteiger partial charge in [0.15, 0.2) is 5.69 Å². The Morgan fingerprint density at radius 1 is 1.19 bits per heavy atom. The Labute approximate surface area is 156 Å². The van der Waals surface area contributed by atoms with Gasteiger partial charge in [-0.2, -0.15) is 5.10 Å². The molecule has 26 heavy (non-hydrogen) atoms. The molecule has 4 rings (SSSR count). The second-order valence-corrected chi connectivity index (χ2v) is 7.99. The third-order valence-electron chi connectivity index (χ3n) is 6.11. The minimum atomic E-state index is 0.0981. The molecular formula is C20H32N4O2. The Morgan fingerprint density at radius 2 is 1.96 bits per heavy atom. The molecule has 1 amide bonds. The first-order chi connectivity index (χ1) is 12.8. The van der Waals surface area contributed by atoms with Crippen LogP contribution in [0.5, 0.6) is 0 Å². The highest BCUT2D eigenvalue weighted by Crippen LogP contribution is 2.28. The first-order valence-corrected chi connectivity index (χ1v) is 10.5. The molecule has 1 aliphatic heterocycles. The van der Waals surface area contributed by atoms with Crippen LogP contribution >= 0.6 is 0 Å². The highest BCUT2D eigenvalue weighted by molar-refractivity contribution is 5.94. The van der Waals surface area contributed by atoms with Gasteiger partial charge in [0.2, 0.25) is 0 Å². The summed E-state index contributed by atoms with van der Waals surface area (Å²) < 4.78 is 7.51. The van der Waals surface area contributed by atoms with Crippen molar-refractivity contribution in [3.8, 4) is 0 Å². The molecule has 1 N–H and O–H groups in total. The van der Waals surface area contributed by atoms with Gasteiger partial charge in [0.05, 0.1) is 13.2 Å². The van der Waals surface area contributed by atoms with Gasteiger partial charge in [0, 0.05) is 43.0 Å². The van der Waals surface area contributed by atoms with Crippen molar-refractivity contribution in [1.29, 1.82) is 0 Å². The number of hydrogen-bond donors (Lipinski definition) is 1. The minimum Gasteiger partial charge on any atom is -0.378 e. The van der Waals surface area contributed by atoms with Gasteiger partial charge in [-0.05, 0) is 38.5 Å². The standard InChI is InChI=1S/C20H32N4O2/c1-2-9-24-18-8-7-16(21-15-5-3-4-6-15)14-17(18)19(22-24)20(25)23-10-12-26-13-11-23/h15-16,21H,2-14H2,1H3. The van der Waals surface area contributed by atoms with Crippen LogP contribution in [0.3, 0.4) is 0 Å². The summed E-state index contributed by atoms with van der Waals surface area (Å²) in [7, 11) is 0. The van der Waals surface area contributed by atoms with Gasteiger partial charge in [-0.15, -0.1) is 0 Å². The third-order valence-corrected chi connectivity index (χ3v) is 6.11. The zero-order valence-electron chi connectivity index (χ0n) is 16.0. The fourth-order valence-electron chi connectivity index (χ4n) is 4.74. The first-order valence-electron chi connectivity index (χ1n) is 10.5. The number of fused-ring (bicyclic) bond motifs is 1. The van der Waals surface area contributed by atoms with E-state index >= 15 is 0 Å². The topological polar surface area (TPSA) is 59.4 Å². The van der Waals surface area contributed by atoms with E-state index in [0.29, 0.717) is 44.1 Å². The van der Waals surface area contributed by atoms with E-state index in [1.54, 1.807) is 0 Å². The lowest BCUT2D eigenvalue weighted by Gasteiger charge is -2.29. The third kappa shape index (κ3) is 3.67. The Morgan fingerprint density at radius 3 is 2.69 bits per heavy atom. The van der Waals surface area contributed by atoms with Gasteiger partial charge in [0.25, 0.3) is 5.91 Å². The molecule has 2 aliphatic carbocycles. The molecule has 0 spiro atoms. The van der Waals surface area contributed by atoms with Gasteiger partial charge in [-0.1, -0.05) is 19.8 Å². The lowest BCUT2D eigenvalue weighted by molar-refractivity contribution is 0.0297. The summed E-state index contributed by atoms with van der Waals surface area (Å²) in [6, 6.07) is 1.16. The number of nitrogens with zero attached hydrogens (tertiary/aromatic N) is 3. The summed E-state index contributed by atoms with van der Waals surface area (Å²) in [6.07, 6.45) is 9.49. The Bertz CT molecular complexity index is 630. The average Bonchev–Trinajstić information content (AvgIpc) is 3.30. The number of ether oxygens (including phenoxy) is 1. The lowest BCUT2D eigenvalue weighted by Crippen LogP contribution is -2.42. The maximum absolute atomic E-state index is 13.1. The quantitative estimate of drug-likeness (QED) is 0.874. The van der Waals surface area contributed by atoms with Crippen LogP contribution in [0.4, 0.5) is 0 Å². The van der Waals surface area contributed by atoms with Crippen LogP contribution < -0.4 is 5.32 Å². The molecule has 144 valence electrons. The Kier molecular flexibility index (Phi) is 5.60. The van der Waals surface area contributed by atoms with Crippen molar-refractivity contribution < 1.29 is 9.53 Å². The van der Waals surface area contributed by atoms with Gasteiger partial charge >= 0.3 is 0 Å². The zero-order chi connectivity index (χ0) is 17.9. The van der Waals surface area contributed by atoms with Crippen molar-refractivity contribution in [2.24, 2.45) is 0 Å². The van der Waals surface area contributed by atoms with E-state index < -0.39 is 0 Å². The predicted molar refractivity (Wildman–Crippen MR) is 100 cm³/mol. The first kappa shape index (κ1) is 18.0. The highest BCUT2D eigenvalue weighted by atomic mass is 16.5. The van der Waals surface area contributed by atoms with E-state index in [0.717, 1.165) is 32.2 Å². The van der Waals surface area contributed by atoms with E-state index in [9.17, 15) is 4.79 Å². The van der Waals surface area contributed by atoms with E-state index in [1.165, 1.54) is 36.9 Å². The SMILES string of the molecule is CCCn1nc(C(=O)N2CCOCC2)c2c1CCC(NC1CCCC1)C2. The summed E-state index contributed by atoms with van der Waals surface area (Å²) in [5.74, 6) is 0.0981. The van der Waals surface area contributed by atoms with Crippen LogP contribution in [0.15, 0.2) is 0 Å². The van der Waals surface area contributed by atoms with E-state index in [4.69, 9.17) is 9.84 Å². The second kappa shape index (κ2) is 8.09. The lowest BCUT2D eigenvalue weighted by atomic mass is 9.90. The predicted octanol–water partition coefficient (Wildman–Crippen LogP) is 2.15. The van der Waals surface area contributed by atoms with Crippen molar-refractivity contribution in [3.05, 3.63) is 17.0 Å². The number of aryl methyl sites for hydroxylation is 1. The van der Waals surface area contributed by atoms with Gasteiger partial charge in [-0.25, -0.2) is 0 Å². The number of aromatic nitrogens is 2. The number of carbonyl (C=O) groups is 1. The summed E-state index contributed by atoms with van der Waals surface area (Å²) in [6.45, 7) is 5.70. The fourth-order valence-corrected chi connectivity index (χ4v) is 4.74. The molecule has 1 aromatic heterocycles. The van der Waals surface area contributed by atoms with Crippen molar-refractivity contribution in [2.75, 3.05) is 26.3 Å². The largest absolute Gasteiger partial charge is 0.378 e. The monoisotopic (exact) mass is 360 g/mol. The number of hydrogen-bond acceptors (Lipinski definition) is 4. The highest BCUT2D eigenvalue weighted by Gasteiger charge is 2.32. The molecule has 2 heterocycles. The van der Waals surface area contributed by atoms with Gasteiger partial charge in [0.1, 0.15) is 0 Å². The maximum Gasteiger partial charge on any atom is 0.274 e. The molecule has 2 fully saturated rings. The summed E-state index contributed by atoms with van der Waals surface area (Å²) in [5, 5.41) is 8.64. The molecular weight excluding hydrogens is 328 g/mol. The number of amides is 1. The molecule has 0 radical (unpaired) electrons. The van der Waals surface area contributed by atoms with Crippen LogP contribution in [0.2, 0.25) is 0 Å². The summed E-state index contributed by atoms with van der Waals surface area (Å²) in [5.41, 5.74) is 3.21. The number of carbonyl (C=O) groups excluding carboxylic acids is 1. The molecule has 1 unspecified atom stereocenters. The van der Waals surface area contributed by atoms with E-state index in [-0.39, 0.29) is 5.91 Å². The number of morpholine rings is 1. The van der Waals surface area contributed by atoms with Crippen molar-refractivity contribution >= 4 is 5.91 Å². The average molecular weight is 361 g/mol. The van der Waals surface area contributed by atoms with Crippen molar-refractivity contribution in [3.63, 3.8) is 0 Å². The van der Waals surface area contributed by atoms with Crippen LogP contribution in [0, 0.1) is 0 Å². The number of rotatable bonds is 5. The summed E-state index contributed by atoms with van der Waals surface area (Å²) >= 11 is 0. The molecule has 6 heteroatoms. The Balaban J connectivity index is 1.55. The molecule has 0 aromatic carbocycles. The second-order valence-electron chi connectivity index (χ2n) is 7.99. The maximum atomic E-state index is 13.1. The van der Waals surface area contributed by atoms with Crippen LogP contribution in [-0.4, -0.2) is 59.0 Å². The zero-order valence-corrected chi connectivity index (χ0v) is 16.0. The molecule has 1 aromatic rings. The number of nitrogens with one attached hydrogen (secondary N) is 1. The van der Waals surface area contributed by atoms with E-state index in [1.807, 2.05) is 4.90 Å². The molecule has 1 saturated heterocycles. The Hall–Kier alpha value is -1.40.